The van der Waals surface area contributed by atoms with Crippen LogP contribution >= 0.6 is 28.6 Å². The van der Waals surface area contributed by atoms with E-state index in [0.29, 0.717) is 0 Å². The van der Waals surface area contributed by atoms with Crippen LogP contribution in [0.15, 0.2) is 97.1 Å². The zero-order chi connectivity index (χ0) is 27.2. The van der Waals surface area contributed by atoms with Crippen molar-refractivity contribution in [1.82, 2.24) is 0 Å². The van der Waals surface area contributed by atoms with Gasteiger partial charge in [-0.2, -0.15) is 18.2 Å². The second kappa shape index (κ2) is 13.0. The molecule has 37 heavy (non-hydrogen) atoms. The van der Waals surface area contributed by atoms with Crippen molar-refractivity contribution in [3.05, 3.63) is 119 Å². The topological polar surface area (TPSA) is 0 Å². The van der Waals surface area contributed by atoms with Crippen molar-refractivity contribution in [3.8, 4) is 0 Å². The molecule has 0 heterocycles. The number of hydrogen-bond donors (Lipinski definition) is 0. The van der Waals surface area contributed by atoms with Crippen molar-refractivity contribution in [2.45, 2.75) is 52.4 Å². The van der Waals surface area contributed by atoms with E-state index < -0.39 is 18.9 Å². The molecule has 0 aliphatic carbocycles. The molecule has 0 radical (unpaired) electrons. The molecule has 0 amide bonds. The predicted octanol–water partition coefficient (Wildman–Crippen LogP) is 11.1. The van der Waals surface area contributed by atoms with Crippen LogP contribution in [-0.2, 0) is 29.7 Å². The molecule has 0 aromatic heterocycles. The maximum absolute atomic E-state index is 5.73. The Morgan fingerprint density at radius 1 is 0.676 bits per heavy atom. The van der Waals surface area contributed by atoms with E-state index >= 15 is 0 Å². The third-order valence-electron chi connectivity index (χ3n) is 6.14. The first kappa shape index (κ1) is 30.1. The molecule has 5 aromatic carbocycles. The third kappa shape index (κ3) is 9.04. The number of benzene rings is 3. The molecule has 5 aromatic rings. The first-order valence-electron chi connectivity index (χ1n) is 12.4. The summed E-state index contributed by atoms with van der Waals surface area (Å²) in [5.74, 6) is 0. The van der Waals surface area contributed by atoms with E-state index in [9.17, 15) is 0 Å². The van der Waals surface area contributed by atoms with Crippen LogP contribution in [0.25, 0.3) is 21.5 Å². The summed E-state index contributed by atoms with van der Waals surface area (Å²) in [6.45, 7) is 13.7. The summed E-state index contributed by atoms with van der Waals surface area (Å²) in [6.07, 6.45) is 0. The molecule has 0 saturated heterocycles. The zero-order valence-corrected chi connectivity index (χ0v) is 27.2. The van der Waals surface area contributed by atoms with Crippen LogP contribution in [0.4, 0.5) is 0 Å². The van der Waals surface area contributed by atoms with Crippen molar-refractivity contribution >= 4 is 53.9 Å². The van der Waals surface area contributed by atoms with Crippen LogP contribution in [0.1, 0.15) is 58.2 Å². The predicted molar refractivity (Wildman–Crippen MR) is 165 cm³/mol. The molecule has 0 saturated carbocycles. The van der Waals surface area contributed by atoms with Gasteiger partial charge in [-0.1, -0.05) is 76.9 Å². The van der Waals surface area contributed by atoms with Gasteiger partial charge in [0.25, 0.3) is 0 Å². The van der Waals surface area contributed by atoms with Gasteiger partial charge in [0.15, 0.2) is 0 Å². The van der Waals surface area contributed by atoms with Gasteiger partial charge in [0.2, 0.25) is 0 Å². The summed E-state index contributed by atoms with van der Waals surface area (Å²) < 4.78 is 1.93. The Morgan fingerprint density at radius 2 is 1.14 bits per heavy atom. The minimum Gasteiger partial charge on any atom is -0.214 e. The van der Waals surface area contributed by atoms with Crippen molar-refractivity contribution in [2.24, 2.45) is 0 Å². The van der Waals surface area contributed by atoms with Crippen molar-refractivity contribution in [1.29, 1.82) is 0 Å². The fourth-order valence-electron chi connectivity index (χ4n) is 3.94. The Labute approximate surface area is 242 Å². The Bertz CT molecular complexity index is 1350. The molecule has 4 heteroatoms. The molecule has 0 aliphatic rings. The van der Waals surface area contributed by atoms with Gasteiger partial charge in [0.05, 0.1) is 0 Å². The normalized spacial score (nSPS) is 11.4. The van der Waals surface area contributed by atoms with Crippen molar-refractivity contribution in [2.75, 3.05) is 0 Å². The van der Waals surface area contributed by atoms with E-state index in [1.165, 1.54) is 32.7 Å². The molecule has 194 valence electrons. The number of rotatable bonds is 1. The van der Waals surface area contributed by atoms with E-state index in [0.717, 1.165) is 10.6 Å². The van der Waals surface area contributed by atoms with Gasteiger partial charge in [-0.05, 0) is 10.8 Å². The summed E-state index contributed by atoms with van der Waals surface area (Å²) in [7, 11) is 11.5. The van der Waals surface area contributed by atoms with E-state index in [-0.39, 0.29) is 10.8 Å². The minimum atomic E-state index is -2.13. The Balaban J connectivity index is 0.000000197. The van der Waals surface area contributed by atoms with Gasteiger partial charge < -0.3 is 0 Å². The van der Waals surface area contributed by atoms with Gasteiger partial charge in [-0.3, -0.25) is 0 Å². The molecule has 0 unspecified atom stereocenters. The fraction of sp³-hybridized carbons (Fsp3) is 0.242. The molecule has 0 bridgehead atoms. The molecule has 0 fully saturated rings. The molecule has 0 N–H and O–H groups in total. The van der Waals surface area contributed by atoms with Crippen LogP contribution in [0.2, 0.25) is 5.02 Å². The van der Waals surface area contributed by atoms with Crippen molar-refractivity contribution < 1.29 is 18.9 Å². The van der Waals surface area contributed by atoms with E-state index in [1.807, 2.05) is 58.3 Å². The number of hydrogen-bond acceptors (Lipinski definition) is 0. The summed E-state index contributed by atoms with van der Waals surface area (Å²) in [5, 5.41) is 6.22. The van der Waals surface area contributed by atoms with Crippen LogP contribution in [-0.4, -0.2) is 3.71 Å². The van der Waals surface area contributed by atoms with Crippen LogP contribution < -0.4 is 0 Å². The molecule has 0 spiro atoms. The average molecular weight is 629 g/mol. The second-order valence-corrected chi connectivity index (χ2v) is 19.7. The van der Waals surface area contributed by atoms with Gasteiger partial charge in [0, 0.05) is 0 Å². The molecule has 0 atom stereocenters. The number of fused-ring (bicyclic) bond motifs is 3. The summed E-state index contributed by atoms with van der Waals surface area (Å²) in [4.78, 5) is 0. The minimum absolute atomic E-state index is 0.194. The smallest absolute Gasteiger partial charge is 0.172 e. The van der Waals surface area contributed by atoms with E-state index in [1.54, 1.807) is 0 Å². The Morgan fingerprint density at radius 3 is 1.49 bits per heavy atom. The van der Waals surface area contributed by atoms with Gasteiger partial charge in [0.1, 0.15) is 0 Å². The maximum Gasteiger partial charge on any atom is -0.172 e. The van der Waals surface area contributed by atoms with Crippen LogP contribution in [0, 0.1) is 0 Å². The molecule has 0 aliphatic heterocycles. The Hall–Kier alpha value is -1.50. The summed E-state index contributed by atoms with van der Waals surface area (Å²) >= 11 is 3.56. The fourth-order valence-corrected chi connectivity index (χ4v) is 6.65. The van der Waals surface area contributed by atoms with E-state index in [2.05, 4.69) is 84.0 Å². The average Bonchev–Trinajstić information content (AvgIpc) is 3.50. The van der Waals surface area contributed by atoms with Crippen molar-refractivity contribution in [3.63, 3.8) is 0 Å². The first-order chi connectivity index (χ1) is 17.3. The molecule has 5 rings (SSSR count). The molecular weight excluding hydrogens is 594 g/mol. The number of halogens is 3. The molecular formula is C33H35Cl3Zr-2. The zero-order valence-electron chi connectivity index (χ0n) is 22.4. The summed E-state index contributed by atoms with van der Waals surface area (Å²) in [5.41, 5.74) is 4.26. The largest absolute Gasteiger partial charge is 0.214 e. The SMILES string of the molecule is CC(C)(C)c1ccc2[cH-]c3ccc(C(C)(C)C)cc3c2c1.Clc1ccc([CH]=[Zr]([Cl])[Cl])cc1.c1cc[cH-]c1. The standard InChI is InChI=1S/C21H25.C7H5Cl.C5H5.2ClH.Zr/c1-20(2,3)16-9-7-14-11-15-8-10-17(21(4,5)6)13-19(15)18(14)12-16;1-6-2-4-7(8)5-3-6;1-2-4-5-3-1;;;/h7-13H,1-6H3;1-5H;1-5H;2*1H;/q-1;;-1;;;+2/p-2. The van der Waals surface area contributed by atoms with Crippen LogP contribution in [0.5, 0.6) is 0 Å². The maximum atomic E-state index is 5.73. The van der Waals surface area contributed by atoms with E-state index in [4.69, 9.17) is 28.6 Å². The van der Waals surface area contributed by atoms with Gasteiger partial charge in [-0.15, -0.1) is 39.7 Å². The van der Waals surface area contributed by atoms with Gasteiger partial charge in [-0.25, -0.2) is 12.1 Å². The summed E-state index contributed by atoms with van der Waals surface area (Å²) in [6, 6.07) is 33.6. The second-order valence-electron chi connectivity index (χ2n) is 11.2. The quantitative estimate of drug-likeness (QED) is 0.162. The molecule has 0 nitrogen and oxygen atoms in total. The first-order valence-corrected chi connectivity index (χ1v) is 20.6. The monoisotopic (exact) mass is 626 g/mol. The third-order valence-corrected chi connectivity index (χ3v) is 9.04. The van der Waals surface area contributed by atoms with Crippen LogP contribution in [0.3, 0.4) is 0 Å². The Kier molecular flexibility index (Phi) is 10.6. The van der Waals surface area contributed by atoms with Gasteiger partial charge >= 0.3 is 86.1 Å².